The van der Waals surface area contributed by atoms with Gasteiger partial charge in [-0.3, -0.25) is 0 Å². The van der Waals surface area contributed by atoms with Gasteiger partial charge < -0.3 is 10.1 Å². The molecule has 4 rings (SSSR count). The monoisotopic (exact) mass is 427 g/mol. The number of hydrogen-bond donors (Lipinski definition) is 1. The molecule has 0 spiro atoms. The topological polar surface area (TPSA) is 21.3 Å². The van der Waals surface area contributed by atoms with Crippen LogP contribution in [0.2, 0.25) is 0 Å². The summed E-state index contributed by atoms with van der Waals surface area (Å²) in [6.45, 7) is 4.99. The van der Waals surface area contributed by atoms with Crippen LogP contribution in [0.5, 0.6) is 5.75 Å². The first-order valence-corrected chi connectivity index (χ1v) is 12.3. The third-order valence-corrected chi connectivity index (χ3v) is 7.01. The van der Waals surface area contributed by atoms with E-state index in [2.05, 4.69) is 97.2 Å². The van der Waals surface area contributed by atoms with E-state index in [4.69, 9.17) is 4.74 Å². The number of hydrogen-bond acceptors (Lipinski definition) is 2. The molecule has 2 nitrogen and oxygen atoms in total. The fraction of sp³-hybridized carbons (Fsp3) is 0.400. The molecule has 2 heteroatoms. The molecule has 0 atom stereocenters. The first-order chi connectivity index (χ1) is 15.8. The second kappa shape index (κ2) is 11.3. The smallest absolute Gasteiger partial charge is 0.119 e. The van der Waals surface area contributed by atoms with Gasteiger partial charge in [-0.15, -0.1) is 0 Å². The van der Waals surface area contributed by atoms with Crippen molar-refractivity contribution >= 4 is 0 Å². The Morgan fingerprint density at radius 1 is 0.812 bits per heavy atom. The molecular formula is C30H37NO. The lowest BCUT2D eigenvalue weighted by Gasteiger charge is -2.31. The summed E-state index contributed by atoms with van der Waals surface area (Å²) in [5.74, 6) is 1.36. The van der Waals surface area contributed by atoms with Crippen LogP contribution >= 0.6 is 0 Å². The van der Waals surface area contributed by atoms with Crippen LogP contribution in [0.1, 0.15) is 68.1 Å². The van der Waals surface area contributed by atoms with E-state index in [0.717, 1.165) is 31.9 Å². The van der Waals surface area contributed by atoms with E-state index in [1.807, 2.05) is 0 Å². The van der Waals surface area contributed by atoms with Crippen molar-refractivity contribution in [2.45, 2.75) is 56.8 Å². The minimum atomic E-state index is 0.236. The van der Waals surface area contributed by atoms with Crippen molar-refractivity contribution < 1.29 is 4.74 Å². The van der Waals surface area contributed by atoms with Gasteiger partial charge in [0.25, 0.3) is 0 Å². The quantitative estimate of drug-likeness (QED) is 0.330. The first kappa shape index (κ1) is 22.6. The Bertz CT molecular complexity index is 875. The van der Waals surface area contributed by atoms with E-state index in [1.54, 1.807) is 0 Å². The largest absolute Gasteiger partial charge is 0.494 e. The van der Waals surface area contributed by atoms with E-state index in [9.17, 15) is 0 Å². The lowest BCUT2D eigenvalue weighted by Crippen LogP contribution is -2.37. The second-order valence-electron chi connectivity index (χ2n) is 9.22. The normalized spacial score (nSPS) is 15.2. The molecular weight excluding hydrogens is 390 g/mol. The maximum absolute atomic E-state index is 5.89. The summed E-state index contributed by atoms with van der Waals surface area (Å²) in [4.78, 5) is 0. The summed E-state index contributed by atoms with van der Waals surface area (Å²) in [6.07, 6.45) is 7.43. The zero-order valence-corrected chi connectivity index (χ0v) is 19.4. The van der Waals surface area contributed by atoms with Gasteiger partial charge in [-0.2, -0.15) is 0 Å². The summed E-state index contributed by atoms with van der Waals surface area (Å²) in [6, 6.07) is 30.7. The predicted octanol–water partition coefficient (Wildman–Crippen LogP) is 7.10. The molecule has 1 saturated carbocycles. The number of unbranched alkanes of at least 4 members (excludes halogenated alkanes) is 1. The second-order valence-corrected chi connectivity index (χ2v) is 9.22. The van der Waals surface area contributed by atoms with E-state index in [1.165, 1.54) is 48.8 Å². The third-order valence-electron chi connectivity index (χ3n) is 7.01. The number of nitrogens with one attached hydrogen (secondary N) is 1. The van der Waals surface area contributed by atoms with Crippen molar-refractivity contribution in [1.29, 1.82) is 0 Å². The zero-order valence-electron chi connectivity index (χ0n) is 19.4. The van der Waals surface area contributed by atoms with Crippen LogP contribution < -0.4 is 10.1 Å². The highest BCUT2D eigenvalue weighted by molar-refractivity contribution is 5.35. The molecule has 0 heterocycles. The van der Waals surface area contributed by atoms with Gasteiger partial charge in [0.05, 0.1) is 6.61 Å². The Kier molecular flexibility index (Phi) is 8.01. The summed E-state index contributed by atoms with van der Waals surface area (Å²) in [7, 11) is 0. The van der Waals surface area contributed by atoms with Crippen LogP contribution in [0.4, 0.5) is 0 Å². The molecule has 1 aliphatic carbocycles. The lowest BCUT2D eigenvalue weighted by molar-refractivity contribution is 0.309. The molecule has 3 aromatic carbocycles. The minimum absolute atomic E-state index is 0.236. The molecule has 168 valence electrons. The maximum atomic E-state index is 5.89. The Hall–Kier alpha value is -2.58. The minimum Gasteiger partial charge on any atom is -0.494 e. The first-order valence-electron chi connectivity index (χ1n) is 12.3. The molecule has 0 saturated heterocycles. The van der Waals surface area contributed by atoms with Gasteiger partial charge in [0.2, 0.25) is 0 Å². The van der Waals surface area contributed by atoms with Crippen molar-refractivity contribution in [2.24, 2.45) is 0 Å². The van der Waals surface area contributed by atoms with Gasteiger partial charge in [0.15, 0.2) is 0 Å². The predicted molar refractivity (Wildman–Crippen MR) is 135 cm³/mol. The molecule has 0 amide bonds. The molecule has 32 heavy (non-hydrogen) atoms. The van der Waals surface area contributed by atoms with Crippen LogP contribution in [0.3, 0.4) is 0 Å². The Morgan fingerprint density at radius 2 is 1.41 bits per heavy atom. The highest BCUT2D eigenvalue weighted by Crippen LogP contribution is 2.41. The van der Waals surface area contributed by atoms with Crippen molar-refractivity contribution in [3.63, 3.8) is 0 Å². The summed E-state index contributed by atoms with van der Waals surface area (Å²) >= 11 is 0. The van der Waals surface area contributed by atoms with Gasteiger partial charge >= 0.3 is 0 Å². The highest BCUT2D eigenvalue weighted by Gasteiger charge is 2.35. The molecule has 0 unspecified atom stereocenters. The van der Waals surface area contributed by atoms with Gasteiger partial charge in [0, 0.05) is 24.4 Å². The van der Waals surface area contributed by atoms with Gasteiger partial charge in [-0.1, -0.05) is 99.0 Å². The molecule has 0 bridgehead atoms. The van der Waals surface area contributed by atoms with Crippen molar-refractivity contribution in [3.8, 4) is 5.75 Å². The van der Waals surface area contributed by atoms with Crippen LogP contribution in [-0.4, -0.2) is 19.7 Å². The maximum Gasteiger partial charge on any atom is 0.119 e. The molecule has 0 radical (unpaired) electrons. The SMILES string of the molecule is CCCCOc1ccc(C2(CNCC(c3ccccc3)c3ccccc3)CCCC2)cc1. The number of ether oxygens (including phenoxy) is 1. The third kappa shape index (κ3) is 5.61. The van der Waals surface area contributed by atoms with Crippen LogP contribution in [0.15, 0.2) is 84.9 Å². The summed E-state index contributed by atoms with van der Waals surface area (Å²) < 4.78 is 5.89. The Labute approximate surface area is 194 Å². The van der Waals surface area contributed by atoms with Crippen LogP contribution in [0, 0.1) is 0 Å². The fourth-order valence-corrected chi connectivity index (χ4v) is 5.11. The average molecular weight is 428 g/mol. The van der Waals surface area contributed by atoms with Crippen LogP contribution in [-0.2, 0) is 5.41 Å². The zero-order chi connectivity index (χ0) is 22.1. The number of rotatable bonds is 11. The Morgan fingerprint density at radius 3 is 1.97 bits per heavy atom. The highest BCUT2D eigenvalue weighted by atomic mass is 16.5. The summed E-state index contributed by atoms with van der Waals surface area (Å²) in [5.41, 5.74) is 4.45. The molecule has 1 N–H and O–H groups in total. The fourth-order valence-electron chi connectivity index (χ4n) is 5.11. The summed E-state index contributed by atoms with van der Waals surface area (Å²) in [5, 5.41) is 3.89. The molecule has 1 aliphatic rings. The Balaban J connectivity index is 1.45. The average Bonchev–Trinajstić information content (AvgIpc) is 3.34. The lowest BCUT2D eigenvalue weighted by atomic mass is 9.78. The standard InChI is InChI=1S/C30H37NO/c1-2-3-22-32-28-18-16-27(17-19-28)30(20-10-11-21-30)24-31-23-29(25-12-6-4-7-13-25)26-14-8-5-9-15-26/h4-9,12-19,29,31H,2-3,10-11,20-24H2,1H3. The molecule has 1 fully saturated rings. The van der Waals surface area contributed by atoms with Crippen molar-refractivity contribution in [1.82, 2.24) is 5.32 Å². The molecule has 3 aromatic rings. The van der Waals surface area contributed by atoms with Gasteiger partial charge in [-0.05, 0) is 48.1 Å². The van der Waals surface area contributed by atoms with E-state index in [-0.39, 0.29) is 5.41 Å². The van der Waals surface area contributed by atoms with Crippen LogP contribution in [0.25, 0.3) is 0 Å². The van der Waals surface area contributed by atoms with Crippen molar-refractivity contribution in [3.05, 3.63) is 102 Å². The van der Waals surface area contributed by atoms with E-state index < -0.39 is 0 Å². The van der Waals surface area contributed by atoms with Gasteiger partial charge in [-0.25, -0.2) is 0 Å². The van der Waals surface area contributed by atoms with Crippen molar-refractivity contribution in [2.75, 3.05) is 19.7 Å². The van der Waals surface area contributed by atoms with Gasteiger partial charge in [0.1, 0.15) is 5.75 Å². The molecule has 0 aromatic heterocycles. The molecule has 0 aliphatic heterocycles. The van der Waals surface area contributed by atoms with E-state index in [0.29, 0.717) is 5.92 Å². The number of benzene rings is 3. The van der Waals surface area contributed by atoms with E-state index >= 15 is 0 Å².